The molecule has 1 fully saturated rings. The van der Waals surface area contributed by atoms with Gasteiger partial charge in [0.2, 0.25) is 0 Å². The van der Waals surface area contributed by atoms with Crippen LogP contribution < -0.4 is 4.74 Å². The maximum atomic E-state index is 12.8. The molecule has 1 saturated carbocycles. The Morgan fingerprint density at radius 2 is 2.08 bits per heavy atom. The van der Waals surface area contributed by atoms with Crippen molar-refractivity contribution >= 4 is 17.2 Å². The minimum Gasteiger partial charge on any atom is -0.484 e. The fraction of sp³-hybridized carbons (Fsp3) is 0.412. The Bertz CT molecular complexity index is 730. The lowest BCUT2D eigenvalue weighted by molar-refractivity contribution is 0.0664. The van der Waals surface area contributed by atoms with E-state index in [4.69, 9.17) is 4.74 Å². The van der Waals surface area contributed by atoms with Crippen molar-refractivity contribution in [2.24, 2.45) is 0 Å². The summed E-state index contributed by atoms with van der Waals surface area (Å²) in [6.45, 7) is 2.56. The van der Waals surface area contributed by atoms with Crippen LogP contribution in [0, 0.1) is 6.92 Å². The first-order chi connectivity index (χ1) is 11.3. The van der Waals surface area contributed by atoms with E-state index in [-0.39, 0.29) is 12.3 Å². The molecular weight excluding hydrogens is 334 g/mol. The van der Waals surface area contributed by atoms with E-state index < -0.39 is 12.0 Å². The van der Waals surface area contributed by atoms with E-state index in [1.807, 2.05) is 13.1 Å². The van der Waals surface area contributed by atoms with Gasteiger partial charge in [0, 0.05) is 36.7 Å². The molecule has 4 nitrogen and oxygen atoms in total. The summed E-state index contributed by atoms with van der Waals surface area (Å²) in [6, 6.07) is 6.31. The number of aromatic nitrogens is 1. The SMILES string of the molecule is Cc1cnc(CCN(C)C(=O)c2ccc(OC3CC3(F)F)cc2)s1. The van der Waals surface area contributed by atoms with Gasteiger partial charge >= 0.3 is 0 Å². The predicted molar refractivity (Wildman–Crippen MR) is 87.9 cm³/mol. The summed E-state index contributed by atoms with van der Waals surface area (Å²) in [5.74, 6) is -2.48. The fourth-order valence-electron chi connectivity index (χ4n) is 2.26. The number of thiazole rings is 1. The van der Waals surface area contributed by atoms with E-state index in [1.165, 1.54) is 0 Å². The van der Waals surface area contributed by atoms with Crippen LogP contribution in [-0.4, -0.2) is 41.4 Å². The number of rotatable bonds is 6. The second kappa shape index (κ2) is 6.47. The van der Waals surface area contributed by atoms with Crippen LogP contribution in [0.25, 0.3) is 0 Å². The van der Waals surface area contributed by atoms with Gasteiger partial charge in [-0.05, 0) is 31.2 Å². The highest BCUT2D eigenvalue weighted by atomic mass is 32.1. The number of hydrogen-bond acceptors (Lipinski definition) is 4. The zero-order chi connectivity index (χ0) is 17.3. The number of likely N-dealkylation sites (N-methyl/N-ethyl adjacent to an activating group) is 1. The second-order valence-electron chi connectivity index (χ2n) is 5.94. The summed E-state index contributed by atoms with van der Waals surface area (Å²) in [7, 11) is 1.73. The van der Waals surface area contributed by atoms with Gasteiger partial charge in [0.05, 0.1) is 11.4 Å². The van der Waals surface area contributed by atoms with Crippen molar-refractivity contribution in [1.82, 2.24) is 9.88 Å². The van der Waals surface area contributed by atoms with Crippen LogP contribution in [0.15, 0.2) is 30.5 Å². The lowest BCUT2D eigenvalue weighted by Crippen LogP contribution is -2.28. The summed E-state index contributed by atoms with van der Waals surface area (Å²) in [5, 5.41) is 1.00. The molecule has 1 aromatic carbocycles. The van der Waals surface area contributed by atoms with Crippen molar-refractivity contribution in [1.29, 1.82) is 0 Å². The number of ether oxygens (including phenoxy) is 1. The molecule has 0 bridgehead atoms. The van der Waals surface area contributed by atoms with Gasteiger partial charge in [-0.1, -0.05) is 0 Å². The Kier molecular flexibility index (Phi) is 4.54. The number of hydrogen-bond donors (Lipinski definition) is 0. The largest absolute Gasteiger partial charge is 0.484 e. The molecule has 0 aliphatic heterocycles. The number of halogens is 2. The zero-order valence-electron chi connectivity index (χ0n) is 13.5. The first-order valence-electron chi connectivity index (χ1n) is 7.66. The third-order valence-electron chi connectivity index (χ3n) is 3.83. The number of alkyl halides is 2. The number of carbonyl (C=O) groups is 1. The van der Waals surface area contributed by atoms with Crippen LogP contribution >= 0.6 is 11.3 Å². The van der Waals surface area contributed by atoms with Crippen molar-refractivity contribution < 1.29 is 18.3 Å². The highest BCUT2D eigenvalue weighted by Crippen LogP contribution is 2.44. The van der Waals surface area contributed by atoms with Gasteiger partial charge in [-0.3, -0.25) is 4.79 Å². The first kappa shape index (κ1) is 16.8. The average Bonchev–Trinajstić information content (AvgIpc) is 2.93. The number of amides is 1. The average molecular weight is 352 g/mol. The molecule has 0 radical (unpaired) electrons. The Labute approximate surface area is 143 Å². The Morgan fingerprint density at radius 3 is 2.62 bits per heavy atom. The summed E-state index contributed by atoms with van der Waals surface area (Å²) in [4.78, 5) is 19.4. The smallest absolute Gasteiger partial charge is 0.288 e. The molecule has 1 heterocycles. The second-order valence-corrected chi connectivity index (χ2v) is 7.26. The molecule has 1 aliphatic carbocycles. The number of aryl methyl sites for hydroxylation is 1. The van der Waals surface area contributed by atoms with Gasteiger partial charge in [0.15, 0.2) is 6.10 Å². The maximum Gasteiger partial charge on any atom is 0.288 e. The third kappa shape index (κ3) is 3.90. The minimum atomic E-state index is -2.72. The number of benzene rings is 1. The standard InChI is InChI=1S/C17H18F2N2O2S/c1-11-10-20-15(24-11)7-8-21(2)16(22)12-3-5-13(6-4-12)23-14-9-17(14,18)19/h3-6,10,14H,7-9H2,1-2H3. The van der Waals surface area contributed by atoms with Crippen LogP contribution in [0.5, 0.6) is 5.75 Å². The van der Waals surface area contributed by atoms with Gasteiger partial charge in [-0.25, -0.2) is 13.8 Å². The molecule has 1 aromatic heterocycles. The van der Waals surface area contributed by atoms with E-state index in [2.05, 4.69) is 4.98 Å². The van der Waals surface area contributed by atoms with Gasteiger partial charge < -0.3 is 9.64 Å². The molecule has 1 unspecified atom stereocenters. The summed E-state index contributed by atoms with van der Waals surface area (Å²) in [5.41, 5.74) is 0.503. The molecular formula is C17H18F2N2O2S. The predicted octanol–water partition coefficient (Wildman–Crippen LogP) is 3.55. The molecule has 0 saturated heterocycles. The molecule has 1 atom stereocenters. The molecule has 0 spiro atoms. The molecule has 2 aromatic rings. The molecule has 7 heteroatoms. The fourth-order valence-corrected chi connectivity index (χ4v) is 3.03. The Morgan fingerprint density at radius 1 is 1.42 bits per heavy atom. The van der Waals surface area contributed by atoms with Gasteiger partial charge in [-0.2, -0.15) is 0 Å². The normalized spacial score (nSPS) is 18.2. The van der Waals surface area contributed by atoms with Crippen molar-refractivity contribution in [3.05, 3.63) is 45.9 Å². The van der Waals surface area contributed by atoms with E-state index in [9.17, 15) is 13.6 Å². The molecule has 128 valence electrons. The summed E-state index contributed by atoms with van der Waals surface area (Å²) < 4.78 is 30.8. The highest BCUT2D eigenvalue weighted by Gasteiger charge is 2.59. The number of nitrogens with zero attached hydrogens (tertiary/aromatic N) is 2. The van der Waals surface area contributed by atoms with Gasteiger partial charge in [0.1, 0.15) is 5.75 Å². The van der Waals surface area contributed by atoms with E-state index in [0.29, 0.717) is 24.3 Å². The Hall–Kier alpha value is -2.02. The van der Waals surface area contributed by atoms with Crippen molar-refractivity contribution in [2.45, 2.75) is 31.8 Å². The van der Waals surface area contributed by atoms with Crippen molar-refractivity contribution in [2.75, 3.05) is 13.6 Å². The molecule has 1 amide bonds. The Balaban J connectivity index is 1.54. The maximum absolute atomic E-state index is 12.8. The van der Waals surface area contributed by atoms with Crippen molar-refractivity contribution in [3.63, 3.8) is 0 Å². The third-order valence-corrected chi connectivity index (χ3v) is 4.80. The van der Waals surface area contributed by atoms with E-state index in [1.54, 1.807) is 47.5 Å². The summed E-state index contributed by atoms with van der Waals surface area (Å²) >= 11 is 1.62. The summed E-state index contributed by atoms with van der Waals surface area (Å²) in [6.07, 6.45) is 1.25. The van der Waals surface area contributed by atoms with Crippen LogP contribution in [0.4, 0.5) is 8.78 Å². The molecule has 3 rings (SSSR count). The molecule has 0 N–H and O–H groups in total. The van der Waals surface area contributed by atoms with Gasteiger partial charge in [0.25, 0.3) is 11.8 Å². The molecule has 1 aliphatic rings. The van der Waals surface area contributed by atoms with Gasteiger partial charge in [-0.15, -0.1) is 11.3 Å². The van der Waals surface area contributed by atoms with Crippen LogP contribution in [0.2, 0.25) is 0 Å². The van der Waals surface area contributed by atoms with Crippen LogP contribution in [0.3, 0.4) is 0 Å². The van der Waals surface area contributed by atoms with E-state index >= 15 is 0 Å². The van der Waals surface area contributed by atoms with Crippen LogP contribution in [-0.2, 0) is 6.42 Å². The van der Waals surface area contributed by atoms with Crippen molar-refractivity contribution in [3.8, 4) is 5.75 Å². The topological polar surface area (TPSA) is 42.4 Å². The minimum absolute atomic E-state index is 0.119. The molecule has 24 heavy (non-hydrogen) atoms. The quantitative estimate of drug-likeness (QED) is 0.798. The van der Waals surface area contributed by atoms with Crippen LogP contribution in [0.1, 0.15) is 26.7 Å². The lowest BCUT2D eigenvalue weighted by Gasteiger charge is -2.16. The van der Waals surface area contributed by atoms with E-state index in [0.717, 1.165) is 9.88 Å². The monoisotopic (exact) mass is 352 g/mol. The number of carbonyl (C=O) groups excluding carboxylic acids is 1. The highest BCUT2D eigenvalue weighted by molar-refractivity contribution is 7.11. The zero-order valence-corrected chi connectivity index (χ0v) is 14.3. The first-order valence-corrected chi connectivity index (χ1v) is 8.48. The lowest BCUT2D eigenvalue weighted by atomic mass is 10.2.